The standard InChI is InChI=1S/C15H18N2O2/c1-15(2,3)19-14-12(16)9-10-13(17-14)18-11-7-5-4-6-8-11/h4-10H,16H2,1-3H3. The molecule has 2 N–H and O–H groups in total. The van der Waals surface area contributed by atoms with E-state index in [1.165, 1.54) is 0 Å². The van der Waals surface area contributed by atoms with Gasteiger partial charge in [-0.15, -0.1) is 0 Å². The zero-order valence-electron chi connectivity index (χ0n) is 11.4. The number of nitrogens with zero attached hydrogens (tertiary/aromatic N) is 1. The highest BCUT2D eigenvalue weighted by molar-refractivity contribution is 5.50. The van der Waals surface area contributed by atoms with E-state index in [2.05, 4.69) is 4.98 Å². The number of nitrogen functional groups attached to an aromatic ring is 1. The van der Waals surface area contributed by atoms with Crippen molar-refractivity contribution in [3.8, 4) is 17.5 Å². The molecule has 0 aliphatic heterocycles. The topological polar surface area (TPSA) is 57.4 Å². The Kier molecular flexibility index (Phi) is 3.60. The third kappa shape index (κ3) is 3.88. The number of hydrogen-bond donors (Lipinski definition) is 1. The summed E-state index contributed by atoms with van der Waals surface area (Å²) in [6.45, 7) is 5.83. The van der Waals surface area contributed by atoms with Crippen molar-refractivity contribution in [3.05, 3.63) is 42.5 Å². The molecular weight excluding hydrogens is 240 g/mol. The van der Waals surface area contributed by atoms with Crippen LogP contribution in [0.15, 0.2) is 42.5 Å². The van der Waals surface area contributed by atoms with E-state index in [0.29, 0.717) is 17.4 Å². The first kappa shape index (κ1) is 13.2. The molecule has 0 atom stereocenters. The molecule has 0 bridgehead atoms. The zero-order valence-corrected chi connectivity index (χ0v) is 11.4. The van der Waals surface area contributed by atoms with E-state index in [1.54, 1.807) is 12.1 Å². The van der Waals surface area contributed by atoms with Crippen LogP contribution in [0.5, 0.6) is 17.5 Å². The van der Waals surface area contributed by atoms with Gasteiger partial charge in [-0.25, -0.2) is 0 Å². The molecule has 1 aromatic heterocycles. The van der Waals surface area contributed by atoms with Gasteiger partial charge in [0.25, 0.3) is 0 Å². The molecule has 0 aliphatic rings. The van der Waals surface area contributed by atoms with Crippen LogP contribution in [0.25, 0.3) is 0 Å². The molecule has 19 heavy (non-hydrogen) atoms. The summed E-state index contributed by atoms with van der Waals surface area (Å²) in [4.78, 5) is 4.28. The molecule has 1 aromatic carbocycles. The summed E-state index contributed by atoms with van der Waals surface area (Å²) in [7, 11) is 0. The third-order valence-electron chi connectivity index (χ3n) is 2.23. The van der Waals surface area contributed by atoms with Crippen LogP contribution in [0.3, 0.4) is 0 Å². The molecule has 2 rings (SSSR count). The maximum Gasteiger partial charge on any atom is 0.241 e. The van der Waals surface area contributed by atoms with Gasteiger partial charge in [0.1, 0.15) is 11.4 Å². The van der Waals surface area contributed by atoms with Gasteiger partial charge in [-0.2, -0.15) is 4.98 Å². The number of ether oxygens (including phenoxy) is 2. The molecular formula is C15H18N2O2. The van der Waals surface area contributed by atoms with Crippen LogP contribution < -0.4 is 15.2 Å². The van der Waals surface area contributed by atoms with E-state index >= 15 is 0 Å². The van der Waals surface area contributed by atoms with E-state index in [1.807, 2.05) is 51.1 Å². The molecule has 0 saturated carbocycles. The van der Waals surface area contributed by atoms with Gasteiger partial charge in [-0.3, -0.25) is 0 Å². The van der Waals surface area contributed by atoms with Crippen molar-refractivity contribution in [3.63, 3.8) is 0 Å². The van der Waals surface area contributed by atoms with Gasteiger partial charge in [0.05, 0.1) is 5.69 Å². The number of nitrogens with two attached hydrogens (primary N) is 1. The fourth-order valence-corrected chi connectivity index (χ4v) is 1.47. The van der Waals surface area contributed by atoms with Crippen molar-refractivity contribution in [2.24, 2.45) is 0 Å². The first-order valence-corrected chi connectivity index (χ1v) is 6.12. The van der Waals surface area contributed by atoms with Crippen LogP contribution in [0.1, 0.15) is 20.8 Å². The minimum atomic E-state index is -0.355. The van der Waals surface area contributed by atoms with E-state index < -0.39 is 0 Å². The Morgan fingerprint density at radius 3 is 2.32 bits per heavy atom. The number of benzene rings is 1. The second kappa shape index (κ2) is 5.18. The van der Waals surface area contributed by atoms with E-state index in [-0.39, 0.29) is 5.60 Å². The number of aromatic nitrogens is 1. The quantitative estimate of drug-likeness (QED) is 0.913. The summed E-state index contributed by atoms with van der Waals surface area (Å²) in [6.07, 6.45) is 0. The zero-order chi connectivity index (χ0) is 13.9. The van der Waals surface area contributed by atoms with Crippen molar-refractivity contribution in [1.29, 1.82) is 0 Å². The average molecular weight is 258 g/mol. The summed E-state index contributed by atoms with van der Waals surface area (Å²) in [5, 5.41) is 0. The summed E-state index contributed by atoms with van der Waals surface area (Å²) in [5.74, 6) is 1.57. The van der Waals surface area contributed by atoms with Crippen molar-refractivity contribution < 1.29 is 9.47 Å². The Morgan fingerprint density at radius 2 is 1.68 bits per heavy atom. The van der Waals surface area contributed by atoms with Gasteiger partial charge in [0.15, 0.2) is 0 Å². The number of rotatable bonds is 3. The van der Waals surface area contributed by atoms with Gasteiger partial charge in [-0.1, -0.05) is 18.2 Å². The van der Waals surface area contributed by atoms with Crippen LogP contribution in [-0.2, 0) is 0 Å². The fraction of sp³-hybridized carbons (Fsp3) is 0.267. The summed E-state index contributed by atoms with van der Waals surface area (Å²) in [6, 6.07) is 12.9. The smallest absolute Gasteiger partial charge is 0.241 e. The highest BCUT2D eigenvalue weighted by Crippen LogP contribution is 2.28. The van der Waals surface area contributed by atoms with Crippen LogP contribution in [0.4, 0.5) is 5.69 Å². The molecule has 1 heterocycles. The molecule has 0 aliphatic carbocycles. The number of anilines is 1. The first-order valence-electron chi connectivity index (χ1n) is 6.12. The molecule has 4 heteroatoms. The molecule has 0 amide bonds. The lowest BCUT2D eigenvalue weighted by Gasteiger charge is -2.21. The summed E-state index contributed by atoms with van der Waals surface area (Å²) < 4.78 is 11.3. The maximum absolute atomic E-state index is 5.85. The van der Waals surface area contributed by atoms with E-state index in [4.69, 9.17) is 15.2 Å². The van der Waals surface area contributed by atoms with Gasteiger partial charge < -0.3 is 15.2 Å². The molecule has 0 spiro atoms. The Labute approximate surface area is 113 Å². The predicted octanol–water partition coefficient (Wildman–Crippen LogP) is 3.63. The molecule has 0 radical (unpaired) electrons. The number of pyridine rings is 1. The Morgan fingerprint density at radius 1 is 1.00 bits per heavy atom. The summed E-state index contributed by atoms with van der Waals surface area (Å²) in [5.41, 5.74) is 5.99. The van der Waals surface area contributed by atoms with Crippen molar-refractivity contribution in [2.75, 3.05) is 5.73 Å². The Bertz CT molecular complexity index is 548. The van der Waals surface area contributed by atoms with Crippen LogP contribution >= 0.6 is 0 Å². The number of hydrogen-bond acceptors (Lipinski definition) is 4. The lowest BCUT2D eigenvalue weighted by molar-refractivity contribution is 0.124. The van der Waals surface area contributed by atoms with Gasteiger partial charge in [-0.05, 0) is 39.0 Å². The molecule has 0 fully saturated rings. The van der Waals surface area contributed by atoms with Crippen LogP contribution in [0.2, 0.25) is 0 Å². The van der Waals surface area contributed by atoms with E-state index in [0.717, 1.165) is 5.75 Å². The number of para-hydroxylation sites is 1. The van der Waals surface area contributed by atoms with Crippen LogP contribution in [-0.4, -0.2) is 10.6 Å². The van der Waals surface area contributed by atoms with Crippen molar-refractivity contribution >= 4 is 5.69 Å². The van der Waals surface area contributed by atoms with Crippen molar-refractivity contribution in [2.45, 2.75) is 26.4 Å². The lowest BCUT2D eigenvalue weighted by Crippen LogP contribution is -2.24. The Balaban J connectivity index is 2.21. The molecule has 4 nitrogen and oxygen atoms in total. The molecule has 100 valence electrons. The molecule has 2 aromatic rings. The normalized spacial score (nSPS) is 11.1. The molecule has 0 saturated heterocycles. The predicted molar refractivity (Wildman–Crippen MR) is 75.5 cm³/mol. The minimum absolute atomic E-state index is 0.355. The highest BCUT2D eigenvalue weighted by Gasteiger charge is 2.15. The minimum Gasteiger partial charge on any atom is -0.470 e. The van der Waals surface area contributed by atoms with Gasteiger partial charge in [0, 0.05) is 6.07 Å². The third-order valence-corrected chi connectivity index (χ3v) is 2.23. The van der Waals surface area contributed by atoms with Crippen molar-refractivity contribution in [1.82, 2.24) is 4.98 Å². The Hall–Kier alpha value is -2.23. The van der Waals surface area contributed by atoms with Gasteiger partial charge >= 0.3 is 0 Å². The van der Waals surface area contributed by atoms with E-state index in [9.17, 15) is 0 Å². The van der Waals surface area contributed by atoms with Gasteiger partial charge in [0.2, 0.25) is 11.8 Å². The average Bonchev–Trinajstić information content (AvgIpc) is 2.33. The first-order chi connectivity index (χ1) is 8.94. The maximum atomic E-state index is 5.85. The second-order valence-electron chi connectivity index (χ2n) is 5.17. The highest BCUT2D eigenvalue weighted by atomic mass is 16.5. The fourth-order valence-electron chi connectivity index (χ4n) is 1.47. The largest absolute Gasteiger partial charge is 0.470 e. The lowest BCUT2D eigenvalue weighted by atomic mass is 10.2. The second-order valence-corrected chi connectivity index (χ2v) is 5.17. The SMILES string of the molecule is CC(C)(C)Oc1nc(Oc2ccccc2)ccc1N. The van der Waals surface area contributed by atoms with Crippen LogP contribution in [0, 0.1) is 0 Å². The summed E-state index contributed by atoms with van der Waals surface area (Å²) >= 11 is 0. The monoisotopic (exact) mass is 258 g/mol. The molecule has 0 unspecified atom stereocenters.